The second-order valence-electron chi connectivity index (χ2n) is 9.16. The number of benzene rings is 3. The number of ether oxygens (including phenoxy) is 1. The molecule has 0 fully saturated rings. The van der Waals surface area contributed by atoms with Crippen molar-refractivity contribution in [2.24, 2.45) is 5.41 Å². The fourth-order valence-electron chi connectivity index (χ4n) is 3.74. The van der Waals surface area contributed by atoms with E-state index in [4.69, 9.17) is 4.74 Å². The first kappa shape index (κ1) is 22.7. The van der Waals surface area contributed by atoms with Crippen LogP contribution in [0.3, 0.4) is 0 Å². The Morgan fingerprint density at radius 2 is 1.79 bits per heavy atom. The van der Waals surface area contributed by atoms with Gasteiger partial charge in [-0.1, -0.05) is 63.2 Å². The van der Waals surface area contributed by atoms with Gasteiger partial charge in [0.2, 0.25) is 0 Å². The van der Waals surface area contributed by atoms with E-state index in [-0.39, 0.29) is 12.0 Å². The van der Waals surface area contributed by atoms with E-state index in [0.717, 1.165) is 26.0 Å². The quantitative estimate of drug-likeness (QED) is 0.371. The van der Waals surface area contributed by atoms with Crippen molar-refractivity contribution < 1.29 is 19.4 Å². The number of carbonyl (C=O) groups excluding carboxylic acids is 1. The van der Waals surface area contributed by atoms with Crippen molar-refractivity contribution in [1.29, 1.82) is 0 Å². The monoisotopic (exact) mass is 462 g/mol. The molecule has 0 saturated carbocycles. The van der Waals surface area contributed by atoms with E-state index in [1.165, 1.54) is 0 Å². The number of rotatable bonds is 7. The lowest BCUT2D eigenvalue weighted by Gasteiger charge is -2.24. The number of aromatic nitrogens is 1. The Balaban J connectivity index is 1.65. The summed E-state index contributed by atoms with van der Waals surface area (Å²) < 4.78 is 7.24. The van der Waals surface area contributed by atoms with Gasteiger partial charge in [-0.3, -0.25) is 4.79 Å². The van der Waals surface area contributed by atoms with E-state index in [1.54, 1.807) is 17.4 Å². The molecule has 1 amide bonds. The fourth-order valence-corrected chi connectivity index (χ4v) is 4.62. The van der Waals surface area contributed by atoms with Crippen LogP contribution >= 0.6 is 11.3 Å². The topological polar surface area (TPSA) is 88.5 Å². The maximum Gasteiger partial charge on any atom is 0.326 e. The van der Waals surface area contributed by atoms with Crippen LogP contribution in [0.1, 0.15) is 42.6 Å². The first-order valence-corrected chi connectivity index (χ1v) is 11.6. The van der Waals surface area contributed by atoms with Gasteiger partial charge in [-0.15, -0.1) is 11.3 Å². The highest BCUT2D eigenvalue weighted by molar-refractivity contribution is 7.18. The number of nitrogens with one attached hydrogen (secondary N) is 1. The van der Waals surface area contributed by atoms with E-state index in [0.29, 0.717) is 17.7 Å². The molecular weight excluding hydrogens is 436 g/mol. The van der Waals surface area contributed by atoms with Crippen molar-refractivity contribution in [3.63, 3.8) is 0 Å². The zero-order valence-corrected chi connectivity index (χ0v) is 19.6. The summed E-state index contributed by atoms with van der Waals surface area (Å²) in [4.78, 5) is 29.6. The van der Waals surface area contributed by atoms with E-state index >= 15 is 0 Å². The van der Waals surface area contributed by atoms with Crippen LogP contribution in [0.15, 0.2) is 60.7 Å². The van der Waals surface area contributed by atoms with Gasteiger partial charge in [0.05, 0.1) is 15.8 Å². The van der Waals surface area contributed by atoms with Crippen LogP contribution in [0, 0.1) is 5.41 Å². The number of carbonyl (C=O) groups is 2. The Morgan fingerprint density at radius 3 is 2.52 bits per heavy atom. The van der Waals surface area contributed by atoms with Gasteiger partial charge >= 0.3 is 5.97 Å². The molecule has 4 rings (SSSR count). The minimum absolute atomic E-state index is 0.206. The van der Waals surface area contributed by atoms with Crippen LogP contribution in [0.4, 0.5) is 0 Å². The van der Waals surface area contributed by atoms with Crippen molar-refractivity contribution in [3.05, 3.63) is 71.2 Å². The van der Waals surface area contributed by atoms with Crippen molar-refractivity contribution in [2.75, 3.05) is 0 Å². The molecule has 1 aromatic heterocycles. The lowest BCUT2D eigenvalue weighted by atomic mass is 9.88. The van der Waals surface area contributed by atoms with E-state index < -0.39 is 17.9 Å². The zero-order chi connectivity index (χ0) is 23.6. The SMILES string of the molecule is CC(C)(C)C[C@H](NC(=O)c1ccc2ccccc2c1OCc1nc2ccccc2s1)C(=O)O. The number of hydrogen-bond donors (Lipinski definition) is 2. The van der Waals surface area contributed by atoms with Crippen LogP contribution < -0.4 is 10.1 Å². The summed E-state index contributed by atoms with van der Waals surface area (Å²) in [6.07, 6.45) is 0.309. The third kappa shape index (κ3) is 5.31. The molecule has 3 aromatic carbocycles. The van der Waals surface area contributed by atoms with E-state index in [2.05, 4.69) is 10.3 Å². The average molecular weight is 463 g/mol. The second kappa shape index (κ2) is 9.19. The molecule has 0 saturated heterocycles. The molecule has 0 bridgehead atoms. The first-order chi connectivity index (χ1) is 15.7. The Morgan fingerprint density at radius 1 is 1.06 bits per heavy atom. The summed E-state index contributed by atoms with van der Waals surface area (Å²) in [6, 6.07) is 18.0. The predicted molar refractivity (Wildman–Crippen MR) is 131 cm³/mol. The molecule has 2 N–H and O–H groups in total. The molecule has 33 heavy (non-hydrogen) atoms. The highest BCUT2D eigenvalue weighted by Gasteiger charge is 2.28. The molecule has 0 aliphatic heterocycles. The highest BCUT2D eigenvalue weighted by atomic mass is 32.1. The van der Waals surface area contributed by atoms with Crippen molar-refractivity contribution in [2.45, 2.75) is 39.8 Å². The Kier molecular flexibility index (Phi) is 6.33. The average Bonchev–Trinajstić information content (AvgIpc) is 3.18. The lowest BCUT2D eigenvalue weighted by Crippen LogP contribution is -2.43. The van der Waals surface area contributed by atoms with Crippen LogP contribution in [0.2, 0.25) is 0 Å². The predicted octanol–water partition coefficient (Wildman–Crippen LogP) is 5.65. The number of para-hydroxylation sites is 1. The van der Waals surface area contributed by atoms with Crippen molar-refractivity contribution in [3.8, 4) is 5.75 Å². The van der Waals surface area contributed by atoms with Gasteiger partial charge in [-0.2, -0.15) is 0 Å². The number of hydrogen-bond acceptors (Lipinski definition) is 5. The third-order valence-corrected chi connectivity index (χ3v) is 6.23. The van der Waals surface area contributed by atoms with Crippen LogP contribution in [0.25, 0.3) is 21.0 Å². The number of aliphatic carboxylic acids is 1. The summed E-state index contributed by atoms with van der Waals surface area (Å²) in [6.45, 7) is 6.03. The molecule has 0 radical (unpaired) electrons. The highest BCUT2D eigenvalue weighted by Crippen LogP contribution is 2.32. The van der Waals surface area contributed by atoms with Gasteiger partial charge in [-0.25, -0.2) is 9.78 Å². The number of carboxylic acids is 1. The Labute approximate surface area is 196 Å². The molecule has 1 atom stereocenters. The standard InChI is InChI=1S/C26H26N2O4S/c1-26(2,3)14-20(25(30)31)28-24(29)18-13-12-16-8-4-5-9-17(16)23(18)32-15-22-27-19-10-6-7-11-21(19)33-22/h4-13,20H,14-15H2,1-3H3,(H,28,29)(H,30,31)/t20-/m0/s1. The van der Waals surface area contributed by atoms with Crippen LogP contribution in [-0.2, 0) is 11.4 Å². The van der Waals surface area contributed by atoms with Gasteiger partial charge in [0, 0.05) is 5.39 Å². The fraction of sp³-hybridized carbons (Fsp3) is 0.269. The molecular formula is C26H26N2O4S. The maximum atomic E-state index is 13.2. The van der Waals surface area contributed by atoms with Gasteiger partial charge in [-0.05, 0) is 35.4 Å². The first-order valence-electron chi connectivity index (χ1n) is 10.7. The molecule has 4 aromatic rings. The van der Waals surface area contributed by atoms with E-state index in [9.17, 15) is 14.7 Å². The van der Waals surface area contributed by atoms with Crippen molar-refractivity contribution >= 4 is 44.2 Å². The largest absolute Gasteiger partial charge is 0.485 e. The number of fused-ring (bicyclic) bond motifs is 2. The summed E-state index contributed by atoms with van der Waals surface area (Å²) >= 11 is 1.54. The molecule has 0 spiro atoms. The number of nitrogens with zero attached hydrogens (tertiary/aromatic N) is 1. The lowest BCUT2D eigenvalue weighted by molar-refractivity contribution is -0.140. The summed E-state index contributed by atoms with van der Waals surface area (Å²) in [5.41, 5.74) is 0.949. The molecule has 0 aliphatic rings. The summed E-state index contributed by atoms with van der Waals surface area (Å²) in [5, 5.41) is 14.8. The zero-order valence-electron chi connectivity index (χ0n) is 18.8. The van der Waals surface area contributed by atoms with Crippen molar-refractivity contribution in [1.82, 2.24) is 10.3 Å². The molecule has 1 heterocycles. The molecule has 6 nitrogen and oxygen atoms in total. The molecule has 170 valence electrons. The molecule has 7 heteroatoms. The van der Waals surface area contributed by atoms with E-state index in [1.807, 2.05) is 75.4 Å². The second-order valence-corrected chi connectivity index (χ2v) is 10.3. The van der Waals surface area contributed by atoms with Gasteiger partial charge in [0.15, 0.2) is 0 Å². The smallest absolute Gasteiger partial charge is 0.326 e. The van der Waals surface area contributed by atoms with Crippen LogP contribution in [-0.4, -0.2) is 28.0 Å². The molecule has 0 unspecified atom stereocenters. The number of amides is 1. The minimum atomic E-state index is -1.06. The Hall–Kier alpha value is -3.45. The Bertz CT molecular complexity index is 1290. The maximum absolute atomic E-state index is 13.2. The normalized spacial score (nSPS) is 12.6. The van der Waals surface area contributed by atoms with Gasteiger partial charge < -0.3 is 15.2 Å². The van der Waals surface area contributed by atoms with Gasteiger partial charge in [0.1, 0.15) is 23.4 Å². The number of thiazole rings is 1. The molecule has 0 aliphatic carbocycles. The number of carboxylic acid groups (broad SMARTS) is 1. The summed E-state index contributed by atoms with van der Waals surface area (Å²) in [5.74, 6) is -1.11. The summed E-state index contributed by atoms with van der Waals surface area (Å²) in [7, 11) is 0. The minimum Gasteiger partial charge on any atom is -0.485 e. The van der Waals surface area contributed by atoms with Gasteiger partial charge in [0.25, 0.3) is 5.91 Å². The third-order valence-electron chi connectivity index (χ3n) is 5.22. The van der Waals surface area contributed by atoms with Crippen LogP contribution in [0.5, 0.6) is 5.75 Å².